The van der Waals surface area contributed by atoms with Crippen LogP contribution in [0.3, 0.4) is 0 Å². The van der Waals surface area contributed by atoms with Crippen molar-refractivity contribution in [3.8, 4) is 0 Å². The first-order valence-corrected chi connectivity index (χ1v) is 5.07. The topological polar surface area (TPSA) is 44.8 Å². The third-order valence-corrected chi connectivity index (χ3v) is 1.70. The molecular formula is C11H20O4. The highest BCUT2D eigenvalue weighted by Crippen LogP contribution is 1.93. The van der Waals surface area contributed by atoms with Gasteiger partial charge in [-0.3, -0.25) is 0 Å². The predicted octanol–water partition coefficient (Wildman–Crippen LogP) is 1.55. The zero-order chi connectivity index (χ0) is 11.5. The van der Waals surface area contributed by atoms with Gasteiger partial charge in [0.1, 0.15) is 6.61 Å². The molecule has 0 aliphatic rings. The Bertz CT molecular complexity index is 189. The lowest BCUT2D eigenvalue weighted by molar-refractivity contribution is -0.140. The van der Waals surface area contributed by atoms with E-state index in [4.69, 9.17) is 14.2 Å². The number of methoxy groups -OCH3 is 1. The van der Waals surface area contributed by atoms with Crippen LogP contribution in [0.4, 0.5) is 0 Å². The average Bonchev–Trinajstić information content (AvgIpc) is 2.21. The Labute approximate surface area is 91.2 Å². The van der Waals surface area contributed by atoms with Crippen molar-refractivity contribution in [2.75, 3.05) is 33.5 Å². The van der Waals surface area contributed by atoms with Gasteiger partial charge in [-0.2, -0.15) is 0 Å². The molecule has 0 unspecified atom stereocenters. The van der Waals surface area contributed by atoms with Crippen LogP contribution in [0.5, 0.6) is 0 Å². The summed E-state index contributed by atoms with van der Waals surface area (Å²) in [6.07, 6.45) is 1.95. The maximum Gasteiger partial charge on any atom is 0.333 e. The summed E-state index contributed by atoms with van der Waals surface area (Å²) in [6.45, 7) is 7.25. The van der Waals surface area contributed by atoms with E-state index in [0.717, 1.165) is 19.4 Å². The Morgan fingerprint density at radius 3 is 2.40 bits per heavy atom. The Morgan fingerprint density at radius 1 is 1.13 bits per heavy atom. The van der Waals surface area contributed by atoms with Gasteiger partial charge in [0, 0.05) is 25.9 Å². The number of hydrogen-bond acceptors (Lipinski definition) is 4. The quantitative estimate of drug-likeness (QED) is 0.333. The van der Waals surface area contributed by atoms with Crippen molar-refractivity contribution in [1.82, 2.24) is 0 Å². The number of esters is 1. The van der Waals surface area contributed by atoms with Crippen LogP contribution in [-0.4, -0.2) is 39.5 Å². The molecule has 0 radical (unpaired) electrons. The van der Waals surface area contributed by atoms with E-state index in [0.29, 0.717) is 18.8 Å². The smallest absolute Gasteiger partial charge is 0.333 e. The molecule has 15 heavy (non-hydrogen) atoms. The van der Waals surface area contributed by atoms with E-state index in [1.807, 2.05) is 0 Å². The van der Waals surface area contributed by atoms with Crippen LogP contribution in [0.15, 0.2) is 12.2 Å². The molecule has 0 spiro atoms. The normalized spacial score (nSPS) is 10.0. The molecule has 0 aliphatic carbocycles. The largest absolute Gasteiger partial charge is 0.460 e. The molecule has 0 amide bonds. The van der Waals surface area contributed by atoms with Crippen molar-refractivity contribution >= 4 is 5.97 Å². The van der Waals surface area contributed by atoms with Gasteiger partial charge in [-0.15, -0.1) is 0 Å². The molecule has 0 aromatic rings. The van der Waals surface area contributed by atoms with Crippen molar-refractivity contribution in [2.24, 2.45) is 0 Å². The summed E-state index contributed by atoms with van der Waals surface area (Å²) in [4.78, 5) is 10.9. The highest BCUT2D eigenvalue weighted by atomic mass is 16.6. The van der Waals surface area contributed by atoms with Crippen LogP contribution in [-0.2, 0) is 19.0 Å². The van der Waals surface area contributed by atoms with E-state index in [2.05, 4.69) is 6.58 Å². The molecule has 0 aliphatic heterocycles. The van der Waals surface area contributed by atoms with Crippen molar-refractivity contribution in [3.63, 3.8) is 0 Å². The third-order valence-electron chi connectivity index (χ3n) is 1.70. The Kier molecular flexibility index (Phi) is 9.11. The summed E-state index contributed by atoms with van der Waals surface area (Å²) in [5, 5.41) is 0. The van der Waals surface area contributed by atoms with Gasteiger partial charge < -0.3 is 14.2 Å². The number of carbonyl (C=O) groups excluding carboxylic acids is 1. The maximum atomic E-state index is 10.9. The Balaban J connectivity index is 3.11. The molecule has 88 valence electrons. The molecule has 0 rings (SSSR count). The Hall–Kier alpha value is -0.870. The molecule has 0 aromatic heterocycles. The van der Waals surface area contributed by atoms with E-state index in [1.165, 1.54) is 0 Å². The van der Waals surface area contributed by atoms with Gasteiger partial charge in [-0.25, -0.2) is 4.79 Å². The first kappa shape index (κ1) is 14.1. The van der Waals surface area contributed by atoms with E-state index >= 15 is 0 Å². The summed E-state index contributed by atoms with van der Waals surface area (Å²) in [7, 11) is 1.68. The summed E-state index contributed by atoms with van der Waals surface area (Å²) in [5.41, 5.74) is 0.412. The molecule has 0 N–H and O–H groups in total. The molecule has 0 atom stereocenters. The fourth-order valence-corrected chi connectivity index (χ4v) is 0.869. The fourth-order valence-electron chi connectivity index (χ4n) is 0.869. The SMILES string of the molecule is C=C(C)C(=O)OCCOCCCCOC. The number of carbonyl (C=O) groups is 1. The molecule has 0 bridgehead atoms. The lowest BCUT2D eigenvalue weighted by atomic mass is 10.3. The third kappa shape index (κ3) is 9.43. The minimum Gasteiger partial charge on any atom is -0.460 e. The number of rotatable bonds is 9. The zero-order valence-corrected chi connectivity index (χ0v) is 9.58. The van der Waals surface area contributed by atoms with E-state index in [9.17, 15) is 4.79 Å². The molecule has 0 saturated heterocycles. The zero-order valence-electron chi connectivity index (χ0n) is 9.58. The van der Waals surface area contributed by atoms with Crippen molar-refractivity contribution in [2.45, 2.75) is 19.8 Å². The molecule has 0 saturated carbocycles. The van der Waals surface area contributed by atoms with Gasteiger partial charge in [0.15, 0.2) is 0 Å². The van der Waals surface area contributed by atoms with Crippen molar-refractivity contribution < 1.29 is 19.0 Å². The second-order valence-corrected chi connectivity index (χ2v) is 3.23. The molecular weight excluding hydrogens is 196 g/mol. The van der Waals surface area contributed by atoms with Crippen molar-refractivity contribution in [3.05, 3.63) is 12.2 Å². The number of ether oxygens (including phenoxy) is 3. The van der Waals surface area contributed by atoms with Crippen LogP contribution >= 0.6 is 0 Å². The molecule has 0 aromatic carbocycles. The molecule has 4 heteroatoms. The van der Waals surface area contributed by atoms with E-state index in [-0.39, 0.29) is 12.6 Å². The van der Waals surface area contributed by atoms with Gasteiger partial charge in [0.2, 0.25) is 0 Å². The van der Waals surface area contributed by atoms with Crippen LogP contribution in [0.25, 0.3) is 0 Å². The maximum absolute atomic E-state index is 10.9. The molecule has 0 fully saturated rings. The summed E-state index contributed by atoms with van der Waals surface area (Å²) in [5.74, 6) is -0.363. The predicted molar refractivity (Wildman–Crippen MR) is 57.7 cm³/mol. The second kappa shape index (κ2) is 9.68. The second-order valence-electron chi connectivity index (χ2n) is 3.23. The van der Waals surface area contributed by atoms with Crippen LogP contribution in [0.1, 0.15) is 19.8 Å². The van der Waals surface area contributed by atoms with Crippen LogP contribution < -0.4 is 0 Å². The minimum atomic E-state index is -0.363. The fraction of sp³-hybridized carbons (Fsp3) is 0.727. The van der Waals surface area contributed by atoms with Gasteiger partial charge in [0.05, 0.1) is 6.61 Å². The highest BCUT2D eigenvalue weighted by molar-refractivity contribution is 5.86. The summed E-state index contributed by atoms with van der Waals surface area (Å²) in [6, 6.07) is 0. The van der Waals surface area contributed by atoms with Gasteiger partial charge in [0.25, 0.3) is 0 Å². The highest BCUT2D eigenvalue weighted by Gasteiger charge is 2.01. The molecule has 0 heterocycles. The standard InChI is InChI=1S/C11H20O4/c1-10(2)11(12)15-9-8-14-7-5-4-6-13-3/h1,4-9H2,2-3H3. The average molecular weight is 216 g/mol. The van der Waals surface area contributed by atoms with Gasteiger partial charge in [-0.05, 0) is 19.8 Å². The van der Waals surface area contributed by atoms with Crippen molar-refractivity contribution in [1.29, 1.82) is 0 Å². The van der Waals surface area contributed by atoms with Gasteiger partial charge in [-0.1, -0.05) is 6.58 Å². The molecule has 4 nitrogen and oxygen atoms in total. The summed E-state index contributed by atoms with van der Waals surface area (Å²) < 4.78 is 15.0. The first-order chi connectivity index (χ1) is 7.18. The van der Waals surface area contributed by atoms with Crippen LogP contribution in [0.2, 0.25) is 0 Å². The lowest BCUT2D eigenvalue weighted by Crippen LogP contribution is -2.11. The minimum absolute atomic E-state index is 0.288. The van der Waals surface area contributed by atoms with E-state index < -0.39 is 0 Å². The van der Waals surface area contributed by atoms with Crippen LogP contribution in [0, 0.1) is 0 Å². The number of unbranched alkanes of at least 4 members (excludes halogenated alkanes) is 1. The van der Waals surface area contributed by atoms with E-state index in [1.54, 1.807) is 14.0 Å². The monoisotopic (exact) mass is 216 g/mol. The van der Waals surface area contributed by atoms with Gasteiger partial charge >= 0.3 is 5.97 Å². The first-order valence-electron chi connectivity index (χ1n) is 5.07. The number of hydrogen-bond donors (Lipinski definition) is 0. The summed E-state index contributed by atoms with van der Waals surface area (Å²) >= 11 is 0. The lowest BCUT2D eigenvalue weighted by Gasteiger charge is -2.05. The Morgan fingerprint density at radius 2 is 1.80 bits per heavy atom.